The van der Waals surface area contributed by atoms with Crippen LogP contribution in [0.25, 0.3) is 11.3 Å². The molecule has 0 spiro atoms. The Balaban J connectivity index is 2.10. The lowest BCUT2D eigenvalue weighted by Crippen LogP contribution is -1.93. The SMILES string of the molecule is Cc1c(C#N)c(O)nc(-c2ccccc2)c1/N=N/c1ccc([N+](=O)[O-])cc1. The van der Waals surface area contributed by atoms with Crippen molar-refractivity contribution in [1.29, 1.82) is 5.26 Å². The van der Waals surface area contributed by atoms with Crippen LogP contribution in [0.3, 0.4) is 0 Å². The maximum absolute atomic E-state index is 10.7. The molecule has 1 N–H and O–H groups in total. The first kappa shape index (κ1) is 17.7. The molecule has 0 amide bonds. The maximum atomic E-state index is 10.7. The third kappa shape index (κ3) is 3.62. The smallest absolute Gasteiger partial charge is 0.269 e. The number of hydrogen-bond donors (Lipinski definition) is 1. The van der Waals surface area contributed by atoms with Gasteiger partial charge in [0.05, 0.1) is 10.6 Å². The van der Waals surface area contributed by atoms with Crippen molar-refractivity contribution in [1.82, 2.24) is 4.98 Å². The zero-order valence-corrected chi connectivity index (χ0v) is 14.2. The average molecular weight is 359 g/mol. The van der Waals surface area contributed by atoms with Crippen molar-refractivity contribution < 1.29 is 10.0 Å². The van der Waals surface area contributed by atoms with Gasteiger partial charge in [0.2, 0.25) is 5.88 Å². The van der Waals surface area contributed by atoms with Crippen LogP contribution in [0.2, 0.25) is 0 Å². The number of nitriles is 1. The third-order valence-electron chi connectivity index (χ3n) is 3.88. The number of aromatic nitrogens is 1. The number of nitro benzene ring substituents is 1. The first-order valence-electron chi connectivity index (χ1n) is 7.86. The quantitative estimate of drug-likeness (QED) is 0.400. The van der Waals surface area contributed by atoms with Crippen LogP contribution in [0.15, 0.2) is 64.8 Å². The van der Waals surface area contributed by atoms with E-state index in [0.717, 1.165) is 0 Å². The lowest BCUT2D eigenvalue weighted by atomic mass is 10.0. The monoisotopic (exact) mass is 359 g/mol. The Labute approximate surface area is 154 Å². The largest absolute Gasteiger partial charge is 0.492 e. The van der Waals surface area contributed by atoms with E-state index in [0.29, 0.717) is 28.2 Å². The number of benzene rings is 2. The van der Waals surface area contributed by atoms with Crippen LogP contribution in [-0.2, 0) is 0 Å². The van der Waals surface area contributed by atoms with Crippen molar-refractivity contribution in [2.75, 3.05) is 0 Å². The number of aromatic hydroxyl groups is 1. The van der Waals surface area contributed by atoms with Crippen LogP contribution in [0.5, 0.6) is 5.88 Å². The van der Waals surface area contributed by atoms with E-state index in [4.69, 9.17) is 0 Å². The van der Waals surface area contributed by atoms with Gasteiger partial charge in [0.1, 0.15) is 23.0 Å². The minimum absolute atomic E-state index is 0.0207. The van der Waals surface area contributed by atoms with Crippen LogP contribution in [-0.4, -0.2) is 15.0 Å². The zero-order valence-electron chi connectivity index (χ0n) is 14.2. The summed E-state index contributed by atoms with van der Waals surface area (Å²) in [7, 11) is 0. The second kappa shape index (κ2) is 7.41. The van der Waals surface area contributed by atoms with Crippen molar-refractivity contribution in [3.05, 3.63) is 75.8 Å². The van der Waals surface area contributed by atoms with Crippen molar-refractivity contribution in [3.8, 4) is 23.2 Å². The van der Waals surface area contributed by atoms with Gasteiger partial charge in [-0.15, -0.1) is 5.11 Å². The fourth-order valence-electron chi connectivity index (χ4n) is 2.48. The Morgan fingerprint density at radius 1 is 1.11 bits per heavy atom. The average Bonchev–Trinajstić information content (AvgIpc) is 2.68. The van der Waals surface area contributed by atoms with Crippen molar-refractivity contribution in [2.24, 2.45) is 10.2 Å². The van der Waals surface area contributed by atoms with E-state index in [2.05, 4.69) is 15.2 Å². The molecular weight excluding hydrogens is 346 g/mol. The molecule has 0 fully saturated rings. The molecule has 0 atom stereocenters. The van der Waals surface area contributed by atoms with E-state index in [9.17, 15) is 20.5 Å². The first-order chi connectivity index (χ1) is 13.0. The molecule has 8 heteroatoms. The minimum atomic E-state index is -0.498. The highest BCUT2D eigenvalue weighted by molar-refractivity contribution is 5.77. The van der Waals surface area contributed by atoms with Crippen molar-refractivity contribution in [3.63, 3.8) is 0 Å². The fourth-order valence-corrected chi connectivity index (χ4v) is 2.48. The minimum Gasteiger partial charge on any atom is -0.492 e. The number of nitrogens with zero attached hydrogens (tertiary/aromatic N) is 5. The summed E-state index contributed by atoms with van der Waals surface area (Å²) in [5, 5.41) is 38.4. The predicted octanol–water partition coefficient (Wildman–Crippen LogP) is 4.96. The molecule has 2 aromatic carbocycles. The van der Waals surface area contributed by atoms with Crippen LogP contribution >= 0.6 is 0 Å². The predicted molar refractivity (Wildman–Crippen MR) is 98.1 cm³/mol. The van der Waals surface area contributed by atoms with Gasteiger partial charge in [-0.3, -0.25) is 10.1 Å². The van der Waals surface area contributed by atoms with Gasteiger partial charge in [-0.05, 0) is 19.1 Å². The summed E-state index contributed by atoms with van der Waals surface area (Å²) in [6.45, 7) is 1.65. The van der Waals surface area contributed by atoms with Gasteiger partial charge in [-0.2, -0.15) is 10.4 Å². The molecule has 1 aromatic heterocycles. The van der Waals surface area contributed by atoms with E-state index in [1.54, 1.807) is 19.1 Å². The topological polar surface area (TPSA) is 125 Å². The molecule has 0 saturated heterocycles. The number of azo groups is 1. The van der Waals surface area contributed by atoms with Gasteiger partial charge in [0.25, 0.3) is 5.69 Å². The van der Waals surface area contributed by atoms with Gasteiger partial charge in [0, 0.05) is 23.3 Å². The van der Waals surface area contributed by atoms with Crippen LogP contribution in [0.1, 0.15) is 11.1 Å². The highest BCUT2D eigenvalue weighted by Crippen LogP contribution is 2.37. The molecule has 3 aromatic rings. The molecule has 0 aliphatic heterocycles. The molecule has 1 heterocycles. The summed E-state index contributed by atoms with van der Waals surface area (Å²) in [5.74, 6) is -0.372. The summed E-state index contributed by atoms with van der Waals surface area (Å²) in [6.07, 6.45) is 0. The second-order valence-electron chi connectivity index (χ2n) is 5.58. The summed E-state index contributed by atoms with van der Waals surface area (Å²) >= 11 is 0. The molecule has 0 bridgehead atoms. The van der Waals surface area contributed by atoms with E-state index >= 15 is 0 Å². The fraction of sp³-hybridized carbons (Fsp3) is 0.0526. The number of pyridine rings is 1. The molecule has 27 heavy (non-hydrogen) atoms. The molecular formula is C19H13N5O3. The zero-order chi connectivity index (χ0) is 19.4. The van der Waals surface area contributed by atoms with E-state index in [1.807, 2.05) is 24.3 Å². The molecule has 0 saturated carbocycles. The Kier molecular flexibility index (Phi) is 4.86. The van der Waals surface area contributed by atoms with Gasteiger partial charge < -0.3 is 5.11 Å². The van der Waals surface area contributed by atoms with Crippen LogP contribution in [0.4, 0.5) is 17.1 Å². The Hall–Kier alpha value is -4.12. The molecule has 132 valence electrons. The van der Waals surface area contributed by atoms with Crippen LogP contribution in [0, 0.1) is 28.4 Å². The van der Waals surface area contributed by atoms with Gasteiger partial charge in [-0.25, -0.2) is 4.98 Å². The Morgan fingerprint density at radius 3 is 2.37 bits per heavy atom. The lowest BCUT2D eigenvalue weighted by molar-refractivity contribution is -0.384. The van der Waals surface area contributed by atoms with Crippen molar-refractivity contribution in [2.45, 2.75) is 6.92 Å². The first-order valence-corrected chi connectivity index (χ1v) is 7.86. The molecule has 0 aliphatic carbocycles. The molecule has 0 unspecified atom stereocenters. The molecule has 0 aliphatic rings. The van der Waals surface area contributed by atoms with Crippen LogP contribution < -0.4 is 0 Å². The second-order valence-corrected chi connectivity index (χ2v) is 5.58. The summed E-state index contributed by atoms with van der Waals surface area (Å²) in [6, 6.07) is 16.6. The molecule has 0 radical (unpaired) electrons. The Bertz CT molecular complexity index is 1070. The maximum Gasteiger partial charge on any atom is 0.269 e. The number of rotatable bonds is 4. The number of non-ortho nitro benzene ring substituents is 1. The summed E-state index contributed by atoms with van der Waals surface area (Å²) in [5.41, 5.74) is 2.25. The Morgan fingerprint density at radius 2 is 1.78 bits per heavy atom. The summed E-state index contributed by atoms with van der Waals surface area (Å²) < 4.78 is 0. The lowest BCUT2D eigenvalue weighted by Gasteiger charge is -2.10. The number of nitro groups is 1. The van der Waals surface area contributed by atoms with E-state index < -0.39 is 4.92 Å². The third-order valence-corrected chi connectivity index (χ3v) is 3.88. The van der Waals surface area contributed by atoms with Gasteiger partial charge in [0.15, 0.2) is 0 Å². The van der Waals surface area contributed by atoms with Gasteiger partial charge in [-0.1, -0.05) is 30.3 Å². The highest BCUT2D eigenvalue weighted by Gasteiger charge is 2.18. The molecule has 3 rings (SSSR count). The van der Waals surface area contributed by atoms with Crippen molar-refractivity contribution >= 4 is 17.1 Å². The highest BCUT2D eigenvalue weighted by atomic mass is 16.6. The summed E-state index contributed by atoms with van der Waals surface area (Å²) in [4.78, 5) is 14.3. The molecule has 8 nitrogen and oxygen atoms in total. The van der Waals surface area contributed by atoms with E-state index in [1.165, 1.54) is 24.3 Å². The normalized spacial score (nSPS) is 10.7. The van der Waals surface area contributed by atoms with Gasteiger partial charge >= 0.3 is 0 Å². The standard InChI is InChI=1S/C19H13N5O3/c1-12-16(11-20)19(25)21-18(13-5-3-2-4-6-13)17(12)23-22-14-7-9-15(10-8-14)24(26)27/h2-10H,1H3,(H,21,25)/b23-22+. The van der Waals surface area contributed by atoms with E-state index in [-0.39, 0.29) is 17.1 Å². The number of hydrogen-bond acceptors (Lipinski definition) is 7.